The Bertz CT molecular complexity index is 755. The van der Waals surface area contributed by atoms with Crippen LogP contribution in [0.1, 0.15) is 36.5 Å². The van der Waals surface area contributed by atoms with Crippen LogP contribution in [-0.2, 0) is 0 Å². The maximum atomic E-state index is 10.6. The first-order valence-electron chi connectivity index (χ1n) is 7.50. The van der Waals surface area contributed by atoms with Gasteiger partial charge in [-0.3, -0.25) is 15.5 Å². The number of hydrogen-bond acceptors (Lipinski definition) is 6. The zero-order valence-electron chi connectivity index (χ0n) is 14.1. The Labute approximate surface area is 140 Å². The number of nitro groups is 1. The summed E-state index contributed by atoms with van der Waals surface area (Å²) in [5, 5.41) is 14.7. The molecule has 0 unspecified atom stereocenters. The molecule has 0 aliphatic carbocycles. The molecule has 24 heavy (non-hydrogen) atoms. The average Bonchev–Trinajstić information content (AvgIpc) is 2.56. The number of rotatable bonds is 6. The normalized spacial score (nSPS) is 11.0. The van der Waals surface area contributed by atoms with Crippen molar-refractivity contribution in [3.05, 3.63) is 57.3 Å². The molecule has 0 aliphatic rings. The monoisotopic (exact) mass is 328 g/mol. The van der Waals surface area contributed by atoms with Crippen LogP contribution in [-0.4, -0.2) is 23.2 Å². The smallest absolute Gasteiger partial charge is 0.287 e. The Morgan fingerprint density at radius 1 is 1.38 bits per heavy atom. The molecular weight excluding hydrogens is 308 g/mol. The number of pyridine rings is 1. The van der Waals surface area contributed by atoms with Crippen molar-refractivity contribution < 1.29 is 9.66 Å². The van der Waals surface area contributed by atoms with Crippen LogP contribution in [0.2, 0.25) is 0 Å². The number of benzene rings is 1. The number of nitrogens with one attached hydrogen (secondary N) is 1. The minimum absolute atomic E-state index is 0.0582. The number of aryl methyl sites for hydroxylation is 1. The Morgan fingerprint density at radius 3 is 2.67 bits per heavy atom. The van der Waals surface area contributed by atoms with Crippen molar-refractivity contribution in [3.63, 3.8) is 0 Å². The maximum Gasteiger partial charge on any atom is 0.287 e. The second kappa shape index (κ2) is 7.54. The lowest BCUT2D eigenvalue weighted by molar-refractivity contribution is -0.385. The second-order valence-corrected chi connectivity index (χ2v) is 5.63. The molecule has 0 radical (unpaired) electrons. The van der Waals surface area contributed by atoms with E-state index >= 15 is 0 Å². The highest BCUT2D eigenvalue weighted by Gasteiger charge is 2.10. The van der Waals surface area contributed by atoms with Gasteiger partial charge in [-0.25, -0.2) is 4.98 Å². The molecule has 1 heterocycles. The molecule has 1 aromatic heterocycles. The summed E-state index contributed by atoms with van der Waals surface area (Å²) < 4.78 is 5.42. The highest BCUT2D eigenvalue weighted by atomic mass is 16.6. The molecule has 2 aromatic rings. The maximum absolute atomic E-state index is 10.6. The molecule has 0 aliphatic heterocycles. The topological polar surface area (TPSA) is 89.6 Å². The van der Waals surface area contributed by atoms with Gasteiger partial charge in [-0.1, -0.05) is 13.8 Å². The standard InChI is InChI=1S/C17H20N4O3/c1-11(2)15-8-13(12(3)7-16(15)24-4)9-19-20-17-6-5-14(10-18-17)21(22)23/h5-11H,1-4H3,(H,18,20)/b19-9+. The van der Waals surface area contributed by atoms with E-state index < -0.39 is 4.92 Å². The Morgan fingerprint density at radius 2 is 2.12 bits per heavy atom. The third kappa shape index (κ3) is 4.07. The van der Waals surface area contributed by atoms with Gasteiger partial charge in [-0.05, 0) is 47.7 Å². The molecule has 0 spiro atoms. The van der Waals surface area contributed by atoms with Crippen molar-refractivity contribution in [3.8, 4) is 5.75 Å². The summed E-state index contributed by atoms with van der Waals surface area (Å²) in [5.74, 6) is 1.63. The van der Waals surface area contributed by atoms with E-state index in [-0.39, 0.29) is 5.69 Å². The molecule has 0 saturated heterocycles. The Kier molecular flexibility index (Phi) is 5.47. The summed E-state index contributed by atoms with van der Waals surface area (Å²) in [7, 11) is 1.66. The molecule has 7 nitrogen and oxygen atoms in total. The number of hydrazone groups is 1. The van der Waals surface area contributed by atoms with Gasteiger partial charge in [0, 0.05) is 6.07 Å². The first kappa shape index (κ1) is 17.4. The number of hydrogen-bond donors (Lipinski definition) is 1. The third-order valence-corrected chi connectivity index (χ3v) is 3.58. The lowest BCUT2D eigenvalue weighted by Crippen LogP contribution is -2.00. The lowest BCUT2D eigenvalue weighted by atomic mass is 9.97. The van der Waals surface area contributed by atoms with Crippen LogP contribution in [0, 0.1) is 17.0 Å². The molecule has 1 N–H and O–H groups in total. The number of nitrogens with zero attached hydrogens (tertiary/aromatic N) is 3. The minimum Gasteiger partial charge on any atom is -0.496 e. The summed E-state index contributed by atoms with van der Waals surface area (Å²) >= 11 is 0. The van der Waals surface area contributed by atoms with Gasteiger partial charge in [0.1, 0.15) is 17.8 Å². The van der Waals surface area contributed by atoms with E-state index in [9.17, 15) is 10.1 Å². The number of aromatic nitrogens is 1. The molecular formula is C17H20N4O3. The van der Waals surface area contributed by atoms with Gasteiger partial charge in [0.15, 0.2) is 0 Å². The Hall–Kier alpha value is -2.96. The fraction of sp³-hybridized carbons (Fsp3) is 0.294. The fourth-order valence-corrected chi connectivity index (χ4v) is 2.21. The molecule has 2 rings (SSSR count). The quantitative estimate of drug-likeness (QED) is 0.494. The number of methoxy groups -OCH3 is 1. The average molecular weight is 328 g/mol. The van der Waals surface area contributed by atoms with Gasteiger partial charge < -0.3 is 4.74 Å². The summed E-state index contributed by atoms with van der Waals surface area (Å²) in [6.45, 7) is 6.19. The number of anilines is 1. The summed E-state index contributed by atoms with van der Waals surface area (Å²) in [6.07, 6.45) is 2.89. The molecule has 0 atom stereocenters. The van der Waals surface area contributed by atoms with E-state index in [0.717, 1.165) is 22.4 Å². The third-order valence-electron chi connectivity index (χ3n) is 3.58. The molecule has 126 valence electrons. The fourth-order valence-electron chi connectivity index (χ4n) is 2.21. The zero-order valence-corrected chi connectivity index (χ0v) is 14.1. The van der Waals surface area contributed by atoms with E-state index in [4.69, 9.17) is 4.74 Å². The molecule has 0 bridgehead atoms. The summed E-state index contributed by atoms with van der Waals surface area (Å²) in [4.78, 5) is 14.0. The van der Waals surface area contributed by atoms with E-state index in [1.54, 1.807) is 13.3 Å². The molecule has 7 heteroatoms. The van der Waals surface area contributed by atoms with Crippen LogP contribution in [0.25, 0.3) is 0 Å². The van der Waals surface area contributed by atoms with Gasteiger partial charge in [0.25, 0.3) is 5.69 Å². The van der Waals surface area contributed by atoms with Crippen LogP contribution in [0.15, 0.2) is 35.6 Å². The van der Waals surface area contributed by atoms with Crippen LogP contribution >= 0.6 is 0 Å². The van der Waals surface area contributed by atoms with Crippen molar-refractivity contribution in [2.24, 2.45) is 5.10 Å². The highest BCUT2D eigenvalue weighted by Crippen LogP contribution is 2.29. The SMILES string of the molecule is COc1cc(C)c(/C=N/Nc2ccc([N+](=O)[O-])cn2)cc1C(C)C. The van der Waals surface area contributed by atoms with Crippen LogP contribution in [0.4, 0.5) is 11.5 Å². The number of ether oxygens (including phenoxy) is 1. The van der Waals surface area contributed by atoms with Gasteiger partial charge >= 0.3 is 0 Å². The molecule has 0 amide bonds. The van der Waals surface area contributed by atoms with Gasteiger partial charge in [-0.2, -0.15) is 5.10 Å². The lowest BCUT2D eigenvalue weighted by Gasteiger charge is -2.14. The van der Waals surface area contributed by atoms with Crippen molar-refractivity contribution in [2.45, 2.75) is 26.7 Å². The summed E-state index contributed by atoms with van der Waals surface area (Å²) in [5.41, 5.74) is 5.83. The van der Waals surface area contributed by atoms with Crippen molar-refractivity contribution in [1.82, 2.24) is 4.98 Å². The first-order valence-corrected chi connectivity index (χ1v) is 7.50. The summed E-state index contributed by atoms with van der Waals surface area (Å²) in [6, 6.07) is 6.92. The van der Waals surface area contributed by atoms with E-state index in [1.165, 1.54) is 18.3 Å². The molecule has 1 aromatic carbocycles. The van der Waals surface area contributed by atoms with Crippen LogP contribution in [0.5, 0.6) is 5.75 Å². The van der Waals surface area contributed by atoms with Crippen molar-refractivity contribution in [2.75, 3.05) is 12.5 Å². The van der Waals surface area contributed by atoms with Gasteiger partial charge in [-0.15, -0.1) is 0 Å². The van der Waals surface area contributed by atoms with E-state index in [1.807, 2.05) is 19.1 Å². The Balaban J connectivity index is 2.16. The first-order chi connectivity index (χ1) is 11.4. The van der Waals surface area contributed by atoms with Crippen LogP contribution < -0.4 is 10.2 Å². The largest absolute Gasteiger partial charge is 0.496 e. The molecule has 0 fully saturated rings. The molecule has 0 saturated carbocycles. The van der Waals surface area contributed by atoms with E-state index in [0.29, 0.717) is 11.7 Å². The van der Waals surface area contributed by atoms with Crippen molar-refractivity contribution >= 4 is 17.7 Å². The predicted molar refractivity (Wildman–Crippen MR) is 93.9 cm³/mol. The van der Waals surface area contributed by atoms with Crippen LogP contribution in [0.3, 0.4) is 0 Å². The van der Waals surface area contributed by atoms with E-state index in [2.05, 4.69) is 29.4 Å². The van der Waals surface area contributed by atoms with Gasteiger partial charge in [0.05, 0.1) is 18.2 Å². The van der Waals surface area contributed by atoms with Gasteiger partial charge in [0.2, 0.25) is 0 Å². The second-order valence-electron chi connectivity index (χ2n) is 5.63. The predicted octanol–water partition coefficient (Wildman–Crippen LogP) is 3.88. The zero-order chi connectivity index (χ0) is 17.7. The minimum atomic E-state index is -0.492. The van der Waals surface area contributed by atoms with Crippen molar-refractivity contribution in [1.29, 1.82) is 0 Å². The highest BCUT2D eigenvalue weighted by molar-refractivity contribution is 5.83.